The number of hydrogen-bond donors (Lipinski definition) is 4. The summed E-state index contributed by atoms with van der Waals surface area (Å²) in [6.07, 6.45) is -1.81. The maximum absolute atomic E-state index is 14.2. The number of fused-ring (bicyclic) bond motifs is 4. The highest BCUT2D eigenvalue weighted by molar-refractivity contribution is 5.95. The van der Waals surface area contributed by atoms with Gasteiger partial charge in [0.2, 0.25) is 11.8 Å². The molecule has 4 heterocycles. The zero-order valence-corrected chi connectivity index (χ0v) is 27.7. The Bertz CT molecular complexity index is 1940. The Labute approximate surface area is 283 Å². The summed E-state index contributed by atoms with van der Waals surface area (Å²) >= 11 is 0. The molecule has 11 heteroatoms. The molecule has 254 valence electrons. The molecule has 4 bridgehead atoms. The number of nitrogens with one attached hydrogen (secondary N) is 3. The molecule has 1 spiro atoms. The Kier molecular flexibility index (Phi) is 8.26. The lowest BCUT2D eigenvalue weighted by molar-refractivity contribution is -0.135. The minimum atomic E-state index is -1.20. The fourth-order valence-corrected chi connectivity index (χ4v) is 7.17. The summed E-state index contributed by atoms with van der Waals surface area (Å²) in [6, 6.07) is 18.5. The van der Waals surface area contributed by atoms with E-state index in [0.717, 1.165) is 22.4 Å². The molecule has 5 atom stereocenters. The summed E-state index contributed by atoms with van der Waals surface area (Å²) in [4.78, 5) is 46.1. The second-order valence-corrected chi connectivity index (χ2v) is 13.9. The van der Waals surface area contributed by atoms with Crippen molar-refractivity contribution in [2.45, 2.75) is 70.9 Å². The lowest BCUT2D eigenvalue weighted by Gasteiger charge is -2.28. The van der Waals surface area contributed by atoms with Crippen molar-refractivity contribution in [2.75, 3.05) is 5.32 Å². The third-order valence-corrected chi connectivity index (χ3v) is 9.82. The first kappa shape index (κ1) is 32.5. The summed E-state index contributed by atoms with van der Waals surface area (Å²) in [7, 11) is 0. The fraction of sp³-hybridized carbons (Fsp3) is 0.368. The van der Waals surface area contributed by atoms with Gasteiger partial charge in [0, 0.05) is 30.1 Å². The van der Waals surface area contributed by atoms with Gasteiger partial charge in [-0.15, -0.1) is 0 Å². The van der Waals surface area contributed by atoms with Crippen molar-refractivity contribution < 1.29 is 33.0 Å². The van der Waals surface area contributed by atoms with E-state index in [1.807, 2.05) is 56.3 Å². The number of ketones is 1. The Morgan fingerprint density at radius 2 is 1.80 bits per heavy atom. The van der Waals surface area contributed by atoms with Gasteiger partial charge >= 0.3 is 0 Å². The summed E-state index contributed by atoms with van der Waals surface area (Å²) < 4.78 is 26.8. The molecule has 2 unspecified atom stereocenters. The van der Waals surface area contributed by atoms with Gasteiger partial charge in [0.25, 0.3) is 5.91 Å². The molecule has 49 heavy (non-hydrogen) atoms. The van der Waals surface area contributed by atoms with Gasteiger partial charge in [-0.2, -0.15) is 0 Å². The second-order valence-electron chi connectivity index (χ2n) is 13.9. The number of hydrogen-bond acceptors (Lipinski definition) is 8. The van der Waals surface area contributed by atoms with Gasteiger partial charge in [-0.1, -0.05) is 70.2 Å². The second kappa shape index (κ2) is 12.5. The van der Waals surface area contributed by atoms with Crippen LogP contribution in [-0.2, 0) is 28.0 Å². The van der Waals surface area contributed by atoms with Gasteiger partial charge in [-0.25, -0.2) is 9.37 Å². The van der Waals surface area contributed by atoms with Crippen molar-refractivity contribution in [1.82, 2.24) is 15.6 Å². The molecule has 3 aliphatic rings. The van der Waals surface area contributed by atoms with E-state index in [0.29, 0.717) is 11.3 Å². The number of aromatic nitrogens is 1. The van der Waals surface area contributed by atoms with E-state index in [-0.39, 0.29) is 60.3 Å². The number of rotatable bonds is 8. The van der Waals surface area contributed by atoms with Crippen LogP contribution in [0.2, 0.25) is 0 Å². The highest BCUT2D eigenvalue weighted by Crippen LogP contribution is 2.58. The van der Waals surface area contributed by atoms with Gasteiger partial charge < -0.3 is 30.2 Å². The Morgan fingerprint density at radius 1 is 1.04 bits per heavy atom. The van der Waals surface area contributed by atoms with Crippen molar-refractivity contribution in [3.63, 3.8) is 0 Å². The first-order valence-electron chi connectivity index (χ1n) is 16.7. The topological polar surface area (TPSA) is 143 Å². The minimum absolute atomic E-state index is 0.0356. The lowest BCUT2D eigenvalue weighted by atomic mass is 9.72. The van der Waals surface area contributed by atoms with Crippen molar-refractivity contribution >= 4 is 23.3 Å². The van der Waals surface area contributed by atoms with E-state index >= 15 is 0 Å². The number of aliphatic hydroxyl groups is 1. The zero-order valence-electron chi connectivity index (χ0n) is 27.7. The normalized spacial score (nSPS) is 22.6. The maximum atomic E-state index is 14.2. The number of Topliss-reactive ketones (excluding diaryl/α,β-unsaturated/α-hetero) is 1. The Morgan fingerprint density at radius 3 is 2.53 bits per heavy atom. The molecule has 1 aromatic heterocycles. The number of para-hydroxylation sites is 1. The number of benzene rings is 3. The molecule has 0 radical (unpaired) electrons. The van der Waals surface area contributed by atoms with Gasteiger partial charge in [0.05, 0.1) is 0 Å². The summed E-state index contributed by atoms with van der Waals surface area (Å²) in [5.74, 6) is -2.01. The number of carbonyl (C=O) groups excluding carboxylic acids is 3. The number of anilines is 1. The third kappa shape index (κ3) is 5.55. The quantitative estimate of drug-likeness (QED) is 0.202. The van der Waals surface area contributed by atoms with E-state index < -0.39 is 41.4 Å². The maximum Gasteiger partial charge on any atom is 0.273 e. The SMILES string of the molecule is CC(C)[C@H](O)C(=O)CC1Cc2ccc3c(c2)C2(c4ccccc4N[C@H]2O3)c2oc(nc2C(=O)NCc2ccc(F)cc2)[C@H](C(C)C)NC1=O. The highest BCUT2D eigenvalue weighted by Gasteiger charge is 2.61. The average Bonchev–Trinajstić information content (AvgIpc) is 3.74. The summed E-state index contributed by atoms with van der Waals surface area (Å²) in [5, 5.41) is 20.0. The molecular formula is C38H39FN4O6. The largest absolute Gasteiger partial charge is 0.469 e. The molecule has 3 aliphatic heterocycles. The smallest absolute Gasteiger partial charge is 0.273 e. The molecular weight excluding hydrogens is 627 g/mol. The van der Waals surface area contributed by atoms with Crippen molar-refractivity contribution in [3.8, 4) is 5.75 Å². The molecule has 4 N–H and O–H groups in total. The predicted octanol–water partition coefficient (Wildman–Crippen LogP) is 5.18. The molecule has 3 aromatic carbocycles. The van der Waals surface area contributed by atoms with E-state index in [1.165, 1.54) is 12.1 Å². The van der Waals surface area contributed by atoms with Crippen molar-refractivity contribution in [1.29, 1.82) is 0 Å². The molecule has 7 rings (SSSR count). The predicted molar refractivity (Wildman–Crippen MR) is 178 cm³/mol. The van der Waals surface area contributed by atoms with Gasteiger partial charge in [0.1, 0.15) is 29.1 Å². The summed E-state index contributed by atoms with van der Waals surface area (Å²) in [5.41, 5.74) is 2.75. The zero-order chi connectivity index (χ0) is 34.6. The molecule has 0 saturated heterocycles. The van der Waals surface area contributed by atoms with Crippen LogP contribution < -0.4 is 20.7 Å². The van der Waals surface area contributed by atoms with Crippen LogP contribution in [0.4, 0.5) is 10.1 Å². The monoisotopic (exact) mass is 666 g/mol. The molecule has 0 aliphatic carbocycles. The first-order chi connectivity index (χ1) is 23.5. The van der Waals surface area contributed by atoms with E-state index in [1.54, 1.807) is 26.0 Å². The van der Waals surface area contributed by atoms with Crippen LogP contribution in [0.1, 0.15) is 84.6 Å². The number of carbonyl (C=O) groups is 3. The van der Waals surface area contributed by atoms with Crippen LogP contribution in [-0.4, -0.2) is 40.0 Å². The van der Waals surface area contributed by atoms with Gasteiger partial charge in [-0.05, 0) is 59.2 Å². The Hall–Kier alpha value is -5.03. The van der Waals surface area contributed by atoms with E-state index in [9.17, 15) is 23.9 Å². The highest BCUT2D eigenvalue weighted by atomic mass is 19.1. The molecule has 0 fully saturated rings. The number of halogens is 1. The number of amides is 2. The van der Waals surface area contributed by atoms with E-state index in [2.05, 4.69) is 16.0 Å². The molecule has 10 nitrogen and oxygen atoms in total. The standard InChI is InChI=1S/C38H39FN4O6/c1-19(2)30-36-43-31(35(47)40-18-21-9-12-24(39)13-10-21)33(49-36)38-25-7-5-6-8-27(25)41-37(38)48-29-14-11-22(16-26(29)38)15-23(34(46)42-30)17-28(44)32(45)20(3)4/h5-14,16,19-20,23,30,32,37,41,45H,15,17-18H2,1-4H3,(H,40,47)(H,42,46)/t23?,30-,32-,37-,38?/m0/s1. The molecule has 2 amide bonds. The molecule has 0 saturated carbocycles. The van der Waals surface area contributed by atoms with E-state index in [4.69, 9.17) is 14.1 Å². The number of aliphatic hydroxyl groups excluding tert-OH is 1. The van der Waals surface area contributed by atoms with Crippen LogP contribution in [0.5, 0.6) is 5.75 Å². The third-order valence-electron chi connectivity index (χ3n) is 9.82. The lowest BCUT2D eigenvalue weighted by Crippen LogP contribution is -2.41. The first-order valence-corrected chi connectivity index (χ1v) is 16.7. The van der Waals surface area contributed by atoms with Crippen LogP contribution in [0.3, 0.4) is 0 Å². The average molecular weight is 667 g/mol. The number of ether oxygens (including phenoxy) is 1. The van der Waals surface area contributed by atoms with Crippen molar-refractivity contribution in [2.24, 2.45) is 17.8 Å². The minimum Gasteiger partial charge on any atom is -0.469 e. The van der Waals surface area contributed by atoms with Crippen LogP contribution in [0.25, 0.3) is 0 Å². The number of oxazole rings is 1. The van der Waals surface area contributed by atoms with Crippen LogP contribution in [0, 0.1) is 23.6 Å². The van der Waals surface area contributed by atoms with Gasteiger partial charge in [-0.3, -0.25) is 14.4 Å². The number of nitrogens with zero attached hydrogens (tertiary/aromatic N) is 1. The fourth-order valence-electron chi connectivity index (χ4n) is 7.17. The van der Waals surface area contributed by atoms with Crippen molar-refractivity contribution in [3.05, 3.63) is 112 Å². The summed E-state index contributed by atoms with van der Waals surface area (Å²) in [6.45, 7) is 7.45. The van der Waals surface area contributed by atoms with Crippen LogP contribution in [0.15, 0.2) is 71.1 Å². The van der Waals surface area contributed by atoms with Gasteiger partial charge in [0.15, 0.2) is 23.5 Å². The molecule has 4 aromatic rings. The Balaban J connectivity index is 1.40. The van der Waals surface area contributed by atoms with Crippen LogP contribution >= 0.6 is 0 Å².